The first-order chi connectivity index (χ1) is 15.0. The molecule has 0 aliphatic heterocycles. The molecular weight excluding hydrogens is 441 g/mol. The first-order valence-corrected chi connectivity index (χ1v) is 9.97. The number of halogens is 2. The van der Waals surface area contributed by atoms with Gasteiger partial charge < -0.3 is 19.4 Å². The lowest BCUT2D eigenvalue weighted by Crippen LogP contribution is -2.17. The summed E-state index contributed by atoms with van der Waals surface area (Å²) in [6.45, 7) is 0.258. The van der Waals surface area contributed by atoms with Gasteiger partial charge in [0.15, 0.2) is 17.2 Å². The monoisotopic (exact) mass is 459 g/mol. The van der Waals surface area contributed by atoms with Gasteiger partial charge in [-0.3, -0.25) is 0 Å². The number of hydrogen-bond acceptors (Lipinski definition) is 5. The second-order valence-electron chi connectivity index (χ2n) is 6.32. The van der Waals surface area contributed by atoms with Crippen LogP contribution < -0.4 is 9.47 Å². The highest BCUT2D eigenvalue weighted by Crippen LogP contribution is 2.34. The fourth-order valence-corrected chi connectivity index (χ4v) is 3.18. The van der Waals surface area contributed by atoms with E-state index in [-0.39, 0.29) is 30.2 Å². The van der Waals surface area contributed by atoms with E-state index in [1.807, 2.05) is 36.4 Å². The van der Waals surface area contributed by atoms with Crippen molar-refractivity contribution in [1.82, 2.24) is 0 Å². The van der Waals surface area contributed by atoms with Crippen LogP contribution in [0.1, 0.15) is 16.7 Å². The molecule has 3 rings (SSSR count). The minimum Gasteiger partial charge on any atom is -0.485 e. The molecule has 31 heavy (non-hydrogen) atoms. The molecule has 0 bridgehead atoms. The molecule has 0 aliphatic carbocycles. The number of hydrogen-bond donors (Lipinski definition) is 1. The van der Waals surface area contributed by atoms with E-state index in [4.69, 9.17) is 37.5 Å². The van der Waals surface area contributed by atoms with Gasteiger partial charge in [-0.05, 0) is 24.3 Å². The van der Waals surface area contributed by atoms with Crippen LogP contribution in [0, 0.1) is 0 Å². The lowest BCUT2D eigenvalue weighted by Gasteiger charge is -2.17. The number of para-hydroxylation sites is 1. The average Bonchev–Trinajstić information content (AvgIpc) is 2.76. The SMILES string of the molecule is CO/N=C(/C(=O)O)c1cccc(OCc2ccccc2Cl)c1OCc1ccccc1Cl. The third kappa shape index (κ3) is 5.69. The first kappa shape index (κ1) is 22.5. The van der Waals surface area contributed by atoms with Gasteiger partial charge in [0.1, 0.15) is 20.3 Å². The summed E-state index contributed by atoms with van der Waals surface area (Å²) in [5, 5.41) is 14.3. The Morgan fingerprint density at radius 3 is 2.00 bits per heavy atom. The number of carboxylic acids is 1. The van der Waals surface area contributed by atoms with E-state index in [0.717, 1.165) is 11.1 Å². The maximum atomic E-state index is 11.8. The van der Waals surface area contributed by atoms with E-state index in [1.165, 1.54) is 7.11 Å². The van der Waals surface area contributed by atoms with Gasteiger partial charge in [0.2, 0.25) is 0 Å². The average molecular weight is 460 g/mol. The Labute approximate surface area is 189 Å². The standard InChI is InChI=1S/C23H19Cl2NO5/c1-29-26-21(23(27)28)17-9-6-12-20(30-13-15-7-2-4-10-18(15)24)22(17)31-14-16-8-3-5-11-19(16)25/h2-12H,13-14H2,1H3,(H,27,28)/b26-21+. The zero-order chi connectivity index (χ0) is 22.2. The summed E-state index contributed by atoms with van der Waals surface area (Å²) in [5.74, 6) is -0.741. The predicted molar refractivity (Wildman–Crippen MR) is 119 cm³/mol. The Kier molecular flexibility index (Phi) is 7.76. The van der Waals surface area contributed by atoms with Crippen molar-refractivity contribution < 1.29 is 24.2 Å². The molecule has 6 nitrogen and oxygen atoms in total. The summed E-state index contributed by atoms with van der Waals surface area (Å²) in [6.07, 6.45) is 0. The van der Waals surface area contributed by atoms with Gasteiger partial charge in [0, 0.05) is 21.2 Å². The van der Waals surface area contributed by atoms with Crippen molar-refractivity contribution in [2.75, 3.05) is 7.11 Å². The van der Waals surface area contributed by atoms with Crippen molar-refractivity contribution in [2.45, 2.75) is 13.2 Å². The second-order valence-corrected chi connectivity index (χ2v) is 7.14. The van der Waals surface area contributed by atoms with Crippen molar-refractivity contribution in [3.63, 3.8) is 0 Å². The van der Waals surface area contributed by atoms with Gasteiger partial charge in [-0.2, -0.15) is 0 Å². The highest BCUT2D eigenvalue weighted by Gasteiger charge is 2.22. The summed E-state index contributed by atoms with van der Waals surface area (Å²) in [5.41, 5.74) is 1.39. The van der Waals surface area contributed by atoms with Gasteiger partial charge in [-0.25, -0.2) is 4.79 Å². The summed E-state index contributed by atoms with van der Waals surface area (Å²) >= 11 is 12.4. The maximum absolute atomic E-state index is 11.8. The second kappa shape index (κ2) is 10.7. The lowest BCUT2D eigenvalue weighted by atomic mass is 10.1. The lowest BCUT2D eigenvalue weighted by molar-refractivity contribution is -0.129. The fraction of sp³-hybridized carbons (Fsp3) is 0.130. The molecule has 3 aromatic rings. The van der Waals surface area contributed by atoms with E-state index in [0.29, 0.717) is 15.8 Å². The summed E-state index contributed by atoms with van der Waals surface area (Å²) in [4.78, 5) is 16.5. The van der Waals surface area contributed by atoms with Gasteiger partial charge in [-0.15, -0.1) is 0 Å². The zero-order valence-electron chi connectivity index (χ0n) is 16.5. The molecule has 0 unspecified atom stereocenters. The normalized spacial score (nSPS) is 11.1. The third-order valence-electron chi connectivity index (χ3n) is 4.29. The van der Waals surface area contributed by atoms with Crippen LogP contribution in [0.5, 0.6) is 11.5 Å². The van der Waals surface area contributed by atoms with Gasteiger partial charge in [0.25, 0.3) is 0 Å². The predicted octanol–water partition coefficient (Wildman–Crippen LogP) is 5.59. The smallest absolute Gasteiger partial charge is 0.358 e. The van der Waals surface area contributed by atoms with Gasteiger partial charge in [0.05, 0.1) is 5.56 Å². The number of benzene rings is 3. The molecule has 8 heteroatoms. The highest BCUT2D eigenvalue weighted by molar-refractivity contribution is 6.43. The summed E-state index contributed by atoms with van der Waals surface area (Å²) in [7, 11) is 1.27. The van der Waals surface area contributed by atoms with Crippen LogP contribution in [0.25, 0.3) is 0 Å². The quantitative estimate of drug-likeness (QED) is 0.333. The van der Waals surface area contributed by atoms with E-state index in [2.05, 4.69) is 5.16 Å². The van der Waals surface area contributed by atoms with Crippen LogP contribution in [0.4, 0.5) is 0 Å². The first-order valence-electron chi connectivity index (χ1n) is 9.21. The van der Waals surface area contributed by atoms with Crippen LogP contribution in [-0.4, -0.2) is 23.9 Å². The fourth-order valence-electron chi connectivity index (χ4n) is 2.80. The minimum absolute atomic E-state index is 0.0963. The van der Waals surface area contributed by atoms with Crippen LogP contribution in [0.15, 0.2) is 71.9 Å². The largest absolute Gasteiger partial charge is 0.485 e. The number of oxime groups is 1. The molecule has 0 saturated heterocycles. The van der Waals surface area contributed by atoms with Gasteiger partial charge in [-0.1, -0.05) is 70.8 Å². The Hall–Kier alpha value is -3.22. The summed E-state index contributed by atoms with van der Waals surface area (Å²) < 4.78 is 11.9. The molecule has 0 heterocycles. The number of aliphatic carboxylic acids is 1. The molecule has 0 fully saturated rings. The molecule has 0 saturated carbocycles. The molecule has 0 aliphatic rings. The third-order valence-corrected chi connectivity index (χ3v) is 5.03. The van der Waals surface area contributed by atoms with E-state index >= 15 is 0 Å². The Bertz CT molecular complexity index is 1100. The molecule has 3 aromatic carbocycles. The highest BCUT2D eigenvalue weighted by atomic mass is 35.5. The molecule has 0 aromatic heterocycles. The molecule has 0 atom stereocenters. The molecule has 0 amide bonds. The maximum Gasteiger partial charge on any atom is 0.358 e. The van der Waals surface area contributed by atoms with Crippen molar-refractivity contribution in [3.05, 3.63) is 93.5 Å². The zero-order valence-corrected chi connectivity index (χ0v) is 18.1. The summed E-state index contributed by atoms with van der Waals surface area (Å²) in [6, 6.07) is 19.4. The minimum atomic E-state index is -1.27. The molecule has 0 spiro atoms. The molecule has 0 radical (unpaired) electrons. The molecular formula is C23H19Cl2NO5. The van der Waals surface area contributed by atoms with Crippen LogP contribution in [-0.2, 0) is 22.8 Å². The number of ether oxygens (including phenoxy) is 2. The van der Waals surface area contributed by atoms with Crippen molar-refractivity contribution in [3.8, 4) is 11.5 Å². The van der Waals surface area contributed by atoms with Crippen molar-refractivity contribution in [2.24, 2.45) is 5.16 Å². The van der Waals surface area contributed by atoms with Crippen LogP contribution in [0.3, 0.4) is 0 Å². The number of carbonyl (C=O) groups is 1. The Morgan fingerprint density at radius 1 is 0.871 bits per heavy atom. The van der Waals surface area contributed by atoms with E-state index in [9.17, 15) is 9.90 Å². The Morgan fingerprint density at radius 2 is 1.45 bits per heavy atom. The van der Waals surface area contributed by atoms with Crippen LogP contribution in [0.2, 0.25) is 10.0 Å². The molecule has 160 valence electrons. The van der Waals surface area contributed by atoms with E-state index in [1.54, 1.807) is 30.3 Å². The topological polar surface area (TPSA) is 77.4 Å². The number of carboxylic acid groups (broad SMARTS) is 1. The van der Waals surface area contributed by atoms with Crippen LogP contribution >= 0.6 is 23.2 Å². The molecule has 1 N–H and O–H groups in total. The van der Waals surface area contributed by atoms with Crippen molar-refractivity contribution >= 4 is 34.9 Å². The van der Waals surface area contributed by atoms with E-state index < -0.39 is 5.97 Å². The number of rotatable bonds is 9. The Balaban J connectivity index is 1.97. The number of nitrogens with zero attached hydrogens (tertiary/aromatic N) is 1. The van der Waals surface area contributed by atoms with Crippen molar-refractivity contribution in [1.29, 1.82) is 0 Å². The van der Waals surface area contributed by atoms with Gasteiger partial charge >= 0.3 is 5.97 Å².